The van der Waals surface area contributed by atoms with Crippen LogP contribution in [-0.4, -0.2) is 0 Å². The summed E-state index contributed by atoms with van der Waals surface area (Å²) in [6, 6.07) is 37.1. The molecule has 3 aliphatic carbocycles. The number of benzene rings is 5. The fourth-order valence-electron chi connectivity index (χ4n) is 8.23. The third-order valence-electron chi connectivity index (χ3n) is 10.2. The maximum Gasteiger partial charge on any atom is 0.230 e. The molecule has 0 aliphatic heterocycles. The highest BCUT2D eigenvalue weighted by Gasteiger charge is 2.41. The van der Waals surface area contributed by atoms with E-state index >= 15 is 0 Å². The lowest BCUT2D eigenvalue weighted by Gasteiger charge is -2.42. The summed E-state index contributed by atoms with van der Waals surface area (Å²) in [4.78, 5) is 0. The highest BCUT2D eigenvalue weighted by atomic mass is 32.1. The van der Waals surface area contributed by atoms with Gasteiger partial charge in [0, 0.05) is 33.4 Å². The molecule has 0 radical (unpaired) electrons. The molecule has 0 atom stereocenters. The van der Waals surface area contributed by atoms with Gasteiger partial charge in [-0.2, -0.15) is 4.57 Å². The molecule has 5 aromatic carbocycles. The number of hydrogen-bond donors (Lipinski definition) is 0. The van der Waals surface area contributed by atoms with Gasteiger partial charge in [0.1, 0.15) is 11.7 Å². The van der Waals surface area contributed by atoms with E-state index in [4.69, 9.17) is 0 Å². The molecule has 2 heteroatoms. The molecule has 0 N–H and O–H groups in total. The van der Waals surface area contributed by atoms with Crippen LogP contribution in [0.4, 0.5) is 0 Å². The number of fused-ring (bicyclic) bond motifs is 4. The molecular weight excluding hydrogens is 539 g/mol. The predicted octanol–water partition coefficient (Wildman–Crippen LogP) is 10.3. The van der Waals surface area contributed by atoms with E-state index in [1.807, 2.05) is 11.3 Å². The van der Waals surface area contributed by atoms with E-state index in [0.29, 0.717) is 11.8 Å². The second-order valence-electron chi connectivity index (χ2n) is 13.6. The van der Waals surface area contributed by atoms with E-state index in [1.165, 1.54) is 86.7 Å². The first-order chi connectivity index (χ1) is 20.8. The SMILES string of the molecule is Cc1c(-c2c3sc4cc5c(cc4c3cc[n+]2C)C2c3ccccc3C5c3ccccc32)cc(C(C)(C)C)c2ccccc12. The molecule has 0 saturated carbocycles. The zero-order chi connectivity index (χ0) is 29.2. The largest absolute Gasteiger partial charge is 0.230 e. The summed E-state index contributed by atoms with van der Waals surface area (Å²) >= 11 is 1.97. The van der Waals surface area contributed by atoms with E-state index in [-0.39, 0.29) is 5.41 Å². The topological polar surface area (TPSA) is 3.88 Å². The summed E-state index contributed by atoms with van der Waals surface area (Å²) in [5.74, 6) is 0.595. The fraction of sp³-hybridized carbons (Fsp3) is 0.195. The average Bonchev–Trinajstić information content (AvgIpc) is 3.37. The summed E-state index contributed by atoms with van der Waals surface area (Å²) < 4.78 is 5.11. The minimum Gasteiger partial charge on any atom is -0.200 e. The van der Waals surface area contributed by atoms with Crippen LogP contribution in [0.5, 0.6) is 0 Å². The highest BCUT2D eigenvalue weighted by Crippen LogP contribution is 2.57. The lowest BCUT2D eigenvalue weighted by Crippen LogP contribution is -2.30. The van der Waals surface area contributed by atoms with Crippen molar-refractivity contribution in [2.24, 2.45) is 7.05 Å². The van der Waals surface area contributed by atoms with Crippen LogP contribution in [-0.2, 0) is 12.5 Å². The van der Waals surface area contributed by atoms with Gasteiger partial charge in [0.25, 0.3) is 0 Å². The lowest BCUT2D eigenvalue weighted by molar-refractivity contribution is -0.659. The van der Waals surface area contributed by atoms with Crippen LogP contribution in [0.3, 0.4) is 0 Å². The smallest absolute Gasteiger partial charge is 0.200 e. The molecular formula is C41H34NS+. The van der Waals surface area contributed by atoms with E-state index in [0.717, 1.165) is 0 Å². The van der Waals surface area contributed by atoms with Crippen LogP contribution in [0.25, 0.3) is 42.2 Å². The Kier molecular flexibility index (Phi) is 5.08. The Hall–Kier alpha value is -4.27. The summed E-state index contributed by atoms with van der Waals surface area (Å²) in [6.45, 7) is 9.31. The normalized spacial score (nSPS) is 17.0. The van der Waals surface area contributed by atoms with Crippen LogP contribution in [0.1, 0.15) is 77.1 Å². The Morgan fingerprint density at radius 3 is 1.77 bits per heavy atom. The minimum absolute atomic E-state index is 0.0387. The van der Waals surface area contributed by atoms with Crippen molar-refractivity contribution in [1.82, 2.24) is 0 Å². The Bertz CT molecular complexity index is 2260. The van der Waals surface area contributed by atoms with Gasteiger partial charge in [-0.15, -0.1) is 11.3 Å². The van der Waals surface area contributed by atoms with E-state index < -0.39 is 0 Å². The Balaban J connectivity index is 1.34. The van der Waals surface area contributed by atoms with Gasteiger partial charge in [-0.25, -0.2) is 0 Å². The predicted molar refractivity (Wildman–Crippen MR) is 182 cm³/mol. The quantitative estimate of drug-likeness (QED) is 0.172. The number of rotatable bonds is 1. The zero-order valence-corrected chi connectivity index (χ0v) is 26.1. The van der Waals surface area contributed by atoms with E-state index in [1.54, 1.807) is 0 Å². The summed E-state index contributed by atoms with van der Waals surface area (Å²) in [5.41, 5.74) is 14.4. The number of aryl methyl sites for hydroxylation is 2. The van der Waals surface area contributed by atoms with E-state index in [2.05, 4.69) is 143 Å². The van der Waals surface area contributed by atoms with Crippen molar-refractivity contribution in [1.29, 1.82) is 0 Å². The average molecular weight is 573 g/mol. The minimum atomic E-state index is 0.0387. The van der Waals surface area contributed by atoms with Crippen molar-refractivity contribution in [2.75, 3.05) is 0 Å². The molecule has 43 heavy (non-hydrogen) atoms. The van der Waals surface area contributed by atoms with E-state index in [9.17, 15) is 0 Å². The number of nitrogens with zero attached hydrogens (tertiary/aromatic N) is 1. The third-order valence-corrected chi connectivity index (χ3v) is 11.4. The van der Waals surface area contributed by atoms with Crippen LogP contribution >= 0.6 is 11.3 Å². The molecule has 0 spiro atoms. The van der Waals surface area contributed by atoms with Crippen LogP contribution in [0.2, 0.25) is 0 Å². The van der Waals surface area contributed by atoms with Crippen LogP contribution in [0, 0.1) is 6.92 Å². The van der Waals surface area contributed by atoms with Crippen molar-refractivity contribution in [3.8, 4) is 11.3 Å². The van der Waals surface area contributed by atoms with Crippen molar-refractivity contribution in [3.05, 3.63) is 148 Å². The first-order valence-electron chi connectivity index (χ1n) is 15.4. The maximum absolute atomic E-state index is 2.55. The number of hydrogen-bond acceptors (Lipinski definition) is 1. The Morgan fingerprint density at radius 1 is 0.605 bits per heavy atom. The van der Waals surface area contributed by atoms with Crippen molar-refractivity contribution in [2.45, 2.75) is 44.9 Å². The maximum atomic E-state index is 2.55. The summed E-state index contributed by atoms with van der Waals surface area (Å²) in [5, 5.41) is 5.47. The Morgan fingerprint density at radius 2 is 1.16 bits per heavy atom. The van der Waals surface area contributed by atoms with Crippen molar-refractivity contribution < 1.29 is 4.57 Å². The first kappa shape index (κ1) is 25.2. The third kappa shape index (κ3) is 3.36. The number of pyridine rings is 1. The summed E-state index contributed by atoms with van der Waals surface area (Å²) in [7, 11) is 2.21. The van der Waals surface area contributed by atoms with Crippen LogP contribution in [0.15, 0.2) is 103 Å². The molecule has 10 rings (SSSR count). The molecule has 2 heterocycles. The van der Waals surface area contributed by atoms with Gasteiger partial charge in [0.15, 0.2) is 6.20 Å². The van der Waals surface area contributed by atoms with Gasteiger partial charge in [0.05, 0.1) is 5.56 Å². The number of thiophene rings is 1. The molecule has 0 amide bonds. The first-order valence-corrected chi connectivity index (χ1v) is 16.2. The van der Waals surface area contributed by atoms with Gasteiger partial charge in [-0.3, -0.25) is 0 Å². The molecule has 208 valence electrons. The van der Waals surface area contributed by atoms with Crippen molar-refractivity contribution >= 4 is 42.3 Å². The van der Waals surface area contributed by atoms with Crippen LogP contribution < -0.4 is 4.57 Å². The molecule has 2 aromatic heterocycles. The zero-order valence-electron chi connectivity index (χ0n) is 25.3. The molecule has 7 aromatic rings. The van der Waals surface area contributed by atoms with Gasteiger partial charge in [-0.1, -0.05) is 93.6 Å². The summed E-state index contributed by atoms with van der Waals surface area (Å²) in [6.07, 6.45) is 2.27. The molecule has 2 bridgehead atoms. The van der Waals surface area contributed by atoms with Crippen molar-refractivity contribution in [3.63, 3.8) is 0 Å². The number of aromatic nitrogens is 1. The fourth-order valence-corrected chi connectivity index (χ4v) is 9.56. The molecule has 3 aliphatic rings. The second kappa shape index (κ2) is 8.65. The second-order valence-corrected chi connectivity index (χ2v) is 14.7. The molecule has 1 nitrogen and oxygen atoms in total. The Labute approximate surface area is 257 Å². The standard InChI is InChI=1S/C41H34NS/c1-23-24-12-6-7-13-25(24)35(41(2,3)4)21-31(23)39-40-30(18-19-42(39)5)32-20-33-34(22-36(32)43-40)38-28-16-10-8-14-26(28)37(33)27-15-9-11-17-29(27)38/h6-22,37-38H,1-5H3/q+1. The van der Waals surface area contributed by atoms with Gasteiger partial charge >= 0.3 is 0 Å². The highest BCUT2D eigenvalue weighted by molar-refractivity contribution is 7.26. The molecule has 0 fully saturated rings. The van der Waals surface area contributed by atoms with Gasteiger partial charge in [-0.05, 0) is 85.8 Å². The monoisotopic (exact) mass is 572 g/mol. The molecule has 0 unspecified atom stereocenters. The molecule has 0 saturated heterocycles. The lowest BCUT2D eigenvalue weighted by atomic mass is 9.61. The van der Waals surface area contributed by atoms with Gasteiger partial charge < -0.3 is 0 Å². The van der Waals surface area contributed by atoms with Gasteiger partial charge in [0.2, 0.25) is 5.69 Å².